The van der Waals surface area contributed by atoms with Crippen molar-refractivity contribution < 1.29 is 0 Å². The lowest BCUT2D eigenvalue weighted by Gasteiger charge is -2.19. The molecule has 0 heterocycles. The molecule has 0 aliphatic heterocycles. The van der Waals surface area contributed by atoms with Gasteiger partial charge in [0.2, 0.25) is 0 Å². The van der Waals surface area contributed by atoms with Crippen LogP contribution >= 0.6 is 23.4 Å². The number of nitrogens with one attached hydrogen (secondary N) is 2. The van der Waals surface area contributed by atoms with Crippen molar-refractivity contribution >= 4 is 29.3 Å². The maximum absolute atomic E-state index is 5.89. The summed E-state index contributed by atoms with van der Waals surface area (Å²) in [4.78, 5) is 4.24. The zero-order chi connectivity index (χ0) is 14.3. The molecule has 1 aromatic carbocycles. The van der Waals surface area contributed by atoms with Gasteiger partial charge in [0, 0.05) is 23.9 Å². The van der Waals surface area contributed by atoms with E-state index in [9.17, 15) is 0 Å². The third-order valence-corrected chi connectivity index (χ3v) is 4.13. The summed E-state index contributed by atoms with van der Waals surface area (Å²) in [6.07, 6.45) is 2.11. The molecule has 1 rings (SSSR count). The van der Waals surface area contributed by atoms with Crippen LogP contribution in [-0.4, -0.2) is 31.1 Å². The predicted octanol–water partition coefficient (Wildman–Crippen LogP) is 3.32. The maximum Gasteiger partial charge on any atom is 0.191 e. The van der Waals surface area contributed by atoms with Gasteiger partial charge in [0.15, 0.2) is 5.96 Å². The summed E-state index contributed by atoms with van der Waals surface area (Å²) in [6, 6.07) is 8.05. The van der Waals surface area contributed by atoms with Crippen molar-refractivity contribution in [1.29, 1.82) is 0 Å². The molecule has 0 saturated carbocycles. The topological polar surface area (TPSA) is 36.4 Å². The van der Waals surface area contributed by atoms with Gasteiger partial charge >= 0.3 is 0 Å². The van der Waals surface area contributed by atoms with Gasteiger partial charge in [-0.05, 0) is 30.9 Å². The largest absolute Gasteiger partial charge is 0.355 e. The molecule has 0 radical (unpaired) electrons. The lowest BCUT2D eigenvalue weighted by atomic mass is 10.1. The third kappa shape index (κ3) is 5.74. The highest BCUT2D eigenvalue weighted by Crippen LogP contribution is 2.15. The SMILES string of the molecule is CN=C(NCC(C)SC)NC(C)c1ccc(Cl)cc1. The summed E-state index contributed by atoms with van der Waals surface area (Å²) in [6.45, 7) is 5.19. The van der Waals surface area contributed by atoms with Gasteiger partial charge in [-0.15, -0.1) is 0 Å². The normalized spacial score (nSPS) is 14.9. The number of thioether (sulfide) groups is 1. The molecule has 19 heavy (non-hydrogen) atoms. The first-order chi connectivity index (χ1) is 9.06. The van der Waals surface area contributed by atoms with Gasteiger partial charge in [-0.25, -0.2) is 0 Å². The van der Waals surface area contributed by atoms with Crippen molar-refractivity contribution in [3.63, 3.8) is 0 Å². The first-order valence-electron chi connectivity index (χ1n) is 6.32. The van der Waals surface area contributed by atoms with Crippen molar-refractivity contribution in [3.8, 4) is 0 Å². The Kier molecular flexibility index (Phi) is 7.10. The molecule has 0 fully saturated rings. The van der Waals surface area contributed by atoms with Crippen LogP contribution in [0.25, 0.3) is 0 Å². The van der Waals surface area contributed by atoms with Crippen LogP contribution in [0.15, 0.2) is 29.3 Å². The van der Waals surface area contributed by atoms with Crippen molar-refractivity contribution in [3.05, 3.63) is 34.9 Å². The fraction of sp³-hybridized carbons (Fsp3) is 0.500. The highest BCUT2D eigenvalue weighted by molar-refractivity contribution is 7.99. The van der Waals surface area contributed by atoms with Gasteiger partial charge < -0.3 is 10.6 Å². The Balaban J connectivity index is 2.53. The number of halogens is 1. The molecule has 0 aliphatic rings. The molecule has 0 bridgehead atoms. The van der Waals surface area contributed by atoms with Gasteiger partial charge in [-0.2, -0.15) is 11.8 Å². The molecule has 2 unspecified atom stereocenters. The second-order valence-electron chi connectivity index (χ2n) is 4.42. The van der Waals surface area contributed by atoms with Crippen LogP contribution in [0.2, 0.25) is 5.02 Å². The van der Waals surface area contributed by atoms with E-state index in [1.165, 1.54) is 5.56 Å². The van der Waals surface area contributed by atoms with E-state index in [0.29, 0.717) is 5.25 Å². The average Bonchev–Trinajstić information content (AvgIpc) is 2.43. The van der Waals surface area contributed by atoms with Crippen LogP contribution in [0.3, 0.4) is 0 Å². The van der Waals surface area contributed by atoms with Crippen LogP contribution in [0.1, 0.15) is 25.5 Å². The Hall–Kier alpha value is -0.870. The Morgan fingerprint density at radius 3 is 2.47 bits per heavy atom. The second-order valence-corrected chi connectivity index (χ2v) is 6.13. The number of hydrogen-bond donors (Lipinski definition) is 2. The van der Waals surface area contributed by atoms with Gasteiger partial charge in [-0.1, -0.05) is 30.7 Å². The smallest absolute Gasteiger partial charge is 0.191 e. The van der Waals surface area contributed by atoms with Crippen molar-refractivity contribution in [2.45, 2.75) is 25.1 Å². The minimum Gasteiger partial charge on any atom is -0.355 e. The first-order valence-corrected chi connectivity index (χ1v) is 7.98. The van der Waals surface area contributed by atoms with E-state index in [1.54, 1.807) is 7.05 Å². The summed E-state index contributed by atoms with van der Waals surface area (Å²) in [7, 11) is 1.79. The van der Waals surface area contributed by atoms with E-state index in [0.717, 1.165) is 17.5 Å². The molecule has 0 saturated heterocycles. The van der Waals surface area contributed by atoms with Crippen molar-refractivity contribution in [2.75, 3.05) is 19.8 Å². The van der Waals surface area contributed by atoms with Gasteiger partial charge in [0.05, 0.1) is 6.04 Å². The van der Waals surface area contributed by atoms with E-state index in [2.05, 4.69) is 35.7 Å². The Labute approximate surface area is 125 Å². The summed E-state index contributed by atoms with van der Waals surface area (Å²) in [5.74, 6) is 0.823. The lowest BCUT2D eigenvalue weighted by molar-refractivity contribution is 0.684. The number of benzene rings is 1. The van der Waals surface area contributed by atoms with E-state index >= 15 is 0 Å². The predicted molar refractivity (Wildman–Crippen MR) is 87.3 cm³/mol. The lowest BCUT2D eigenvalue weighted by Crippen LogP contribution is -2.41. The van der Waals surface area contributed by atoms with Crippen LogP contribution in [-0.2, 0) is 0 Å². The van der Waals surface area contributed by atoms with E-state index in [4.69, 9.17) is 11.6 Å². The molecule has 0 aromatic heterocycles. The molecule has 3 nitrogen and oxygen atoms in total. The molecular formula is C14H22ClN3S. The van der Waals surface area contributed by atoms with Gasteiger partial charge in [0.1, 0.15) is 0 Å². The van der Waals surface area contributed by atoms with E-state index in [-0.39, 0.29) is 6.04 Å². The molecule has 2 N–H and O–H groups in total. The number of nitrogens with zero attached hydrogens (tertiary/aromatic N) is 1. The molecule has 106 valence electrons. The molecule has 0 spiro atoms. The van der Waals surface area contributed by atoms with Crippen LogP contribution in [0.4, 0.5) is 0 Å². The summed E-state index contributed by atoms with van der Waals surface area (Å²) in [5.41, 5.74) is 1.19. The zero-order valence-electron chi connectivity index (χ0n) is 11.9. The Bertz CT molecular complexity index is 406. The standard InChI is InChI=1S/C14H22ClN3S/c1-10(19-4)9-17-14(16-3)18-11(2)12-5-7-13(15)8-6-12/h5-8,10-11H,9H2,1-4H3,(H2,16,17,18). The number of rotatable bonds is 5. The Morgan fingerprint density at radius 2 is 1.95 bits per heavy atom. The third-order valence-electron chi connectivity index (χ3n) is 2.91. The molecular weight excluding hydrogens is 278 g/mol. The van der Waals surface area contributed by atoms with Crippen LogP contribution in [0.5, 0.6) is 0 Å². The van der Waals surface area contributed by atoms with Crippen molar-refractivity contribution in [1.82, 2.24) is 10.6 Å². The molecule has 0 aliphatic carbocycles. The number of aliphatic imine (C=N–C) groups is 1. The summed E-state index contributed by atoms with van der Waals surface area (Å²) >= 11 is 7.73. The monoisotopic (exact) mass is 299 g/mol. The van der Waals surface area contributed by atoms with E-state index in [1.807, 2.05) is 36.0 Å². The highest BCUT2D eigenvalue weighted by atomic mass is 35.5. The summed E-state index contributed by atoms with van der Waals surface area (Å²) < 4.78 is 0. The molecule has 2 atom stereocenters. The van der Waals surface area contributed by atoms with Crippen molar-refractivity contribution in [2.24, 2.45) is 4.99 Å². The number of guanidine groups is 1. The molecule has 0 amide bonds. The van der Waals surface area contributed by atoms with Crippen LogP contribution < -0.4 is 10.6 Å². The van der Waals surface area contributed by atoms with Gasteiger partial charge in [0.25, 0.3) is 0 Å². The van der Waals surface area contributed by atoms with Gasteiger partial charge in [-0.3, -0.25) is 4.99 Å². The van der Waals surface area contributed by atoms with Crippen LogP contribution in [0, 0.1) is 0 Å². The highest BCUT2D eigenvalue weighted by Gasteiger charge is 2.08. The molecule has 1 aromatic rings. The minimum atomic E-state index is 0.188. The summed E-state index contributed by atoms with van der Waals surface area (Å²) in [5, 5.41) is 8.01. The zero-order valence-corrected chi connectivity index (χ0v) is 13.5. The number of hydrogen-bond acceptors (Lipinski definition) is 2. The fourth-order valence-corrected chi connectivity index (χ4v) is 1.93. The minimum absolute atomic E-state index is 0.188. The van der Waals surface area contributed by atoms with E-state index < -0.39 is 0 Å². The maximum atomic E-state index is 5.89. The Morgan fingerprint density at radius 1 is 1.32 bits per heavy atom. The molecule has 5 heteroatoms. The quantitative estimate of drug-likeness (QED) is 0.647. The first kappa shape index (κ1) is 16.2. The second kappa shape index (κ2) is 8.33. The average molecular weight is 300 g/mol. The fourth-order valence-electron chi connectivity index (χ4n) is 1.56.